The summed E-state index contributed by atoms with van der Waals surface area (Å²) < 4.78 is 1.32. The first-order chi connectivity index (χ1) is 9.38. The zero-order valence-corrected chi connectivity index (χ0v) is 13.6. The lowest BCUT2D eigenvalue weighted by molar-refractivity contribution is 0.596. The quantitative estimate of drug-likeness (QED) is 0.544. The molecule has 1 nitrogen and oxygen atoms in total. The number of thiazole rings is 1. The number of aromatic nitrogens is 1. The molecule has 0 aliphatic rings. The van der Waals surface area contributed by atoms with Crippen LogP contribution in [0.4, 0.5) is 0 Å². The molecule has 1 aromatic heterocycles. The van der Waals surface area contributed by atoms with Crippen LogP contribution < -0.4 is 0 Å². The van der Waals surface area contributed by atoms with Gasteiger partial charge in [0.2, 0.25) is 0 Å². The molecule has 0 amide bonds. The number of benzene rings is 2. The van der Waals surface area contributed by atoms with E-state index in [0.29, 0.717) is 5.92 Å². The molecule has 0 aliphatic carbocycles. The fourth-order valence-corrected chi connectivity index (χ4v) is 3.67. The van der Waals surface area contributed by atoms with Crippen molar-refractivity contribution < 1.29 is 0 Å². The van der Waals surface area contributed by atoms with Crippen LogP contribution in [-0.4, -0.2) is 4.98 Å². The topological polar surface area (TPSA) is 12.9 Å². The van der Waals surface area contributed by atoms with Crippen LogP contribution in [0.25, 0.3) is 21.0 Å². The fraction of sp³-hybridized carbons (Fsp3) is 0.389. The van der Waals surface area contributed by atoms with E-state index in [2.05, 4.69) is 65.0 Å². The average molecular weight is 283 g/mol. The molecule has 2 aromatic carbocycles. The second kappa shape index (κ2) is 4.56. The van der Waals surface area contributed by atoms with E-state index in [0.717, 1.165) is 0 Å². The predicted molar refractivity (Wildman–Crippen MR) is 89.9 cm³/mol. The Morgan fingerprint density at radius 1 is 1.05 bits per heavy atom. The van der Waals surface area contributed by atoms with E-state index >= 15 is 0 Å². The standard InChI is InChI=1S/C18H21NS/c1-11(2)17-19-16-13-9-7-6-8-12(13)14(18(3,4)5)10-15(16)20-17/h6-11H,1-5H3. The highest BCUT2D eigenvalue weighted by molar-refractivity contribution is 7.18. The Labute approximate surface area is 124 Å². The largest absolute Gasteiger partial charge is 0.240 e. The van der Waals surface area contributed by atoms with E-state index in [1.807, 2.05) is 11.3 Å². The van der Waals surface area contributed by atoms with Crippen LogP contribution in [0.5, 0.6) is 0 Å². The molecule has 3 aromatic rings. The van der Waals surface area contributed by atoms with Crippen LogP contribution in [0.1, 0.15) is 51.1 Å². The van der Waals surface area contributed by atoms with E-state index in [4.69, 9.17) is 4.98 Å². The molecule has 0 bridgehead atoms. The van der Waals surface area contributed by atoms with Gasteiger partial charge < -0.3 is 0 Å². The van der Waals surface area contributed by atoms with Gasteiger partial charge in [-0.3, -0.25) is 0 Å². The van der Waals surface area contributed by atoms with Crippen molar-refractivity contribution in [2.75, 3.05) is 0 Å². The summed E-state index contributed by atoms with van der Waals surface area (Å²) in [5, 5.41) is 3.86. The Hall–Kier alpha value is -1.41. The highest BCUT2D eigenvalue weighted by Crippen LogP contribution is 2.38. The van der Waals surface area contributed by atoms with Crippen LogP contribution in [0.2, 0.25) is 0 Å². The minimum atomic E-state index is 0.149. The molecule has 0 N–H and O–H groups in total. The number of fused-ring (bicyclic) bond motifs is 3. The molecule has 20 heavy (non-hydrogen) atoms. The number of nitrogens with zero attached hydrogens (tertiary/aromatic N) is 1. The normalized spacial score (nSPS) is 12.7. The first kappa shape index (κ1) is 13.6. The second-order valence-corrected chi connectivity index (χ2v) is 7.84. The van der Waals surface area contributed by atoms with Crippen LogP contribution in [-0.2, 0) is 5.41 Å². The molecular formula is C18H21NS. The first-order valence-corrected chi connectivity index (χ1v) is 8.02. The molecule has 2 heteroatoms. The van der Waals surface area contributed by atoms with Gasteiger partial charge in [-0.1, -0.05) is 58.9 Å². The summed E-state index contributed by atoms with van der Waals surface area (Å²) in [6, 6.07) is 11.0. The minimum absolute atomic E-state index is 0.149. The molecule has 104 valence electrons. The summed E-state index contributed by atoms with van der Waals surface area (Å²) in [5.41, 5.74) is 2.73. The summed E-state index contributed by atoms with van der Waals surface area (Å²) in [6.07, 6.45) is 0. The Morgan fingerprint density at radius 2 is 1.70 bits per heavy atom. The lowest BCUT2D eigenvalue weighted by Gasteiger charge is -2.21. The van der Waals surface area contributed by atoms with Gasteiger partial charge in [0, 0.05) is 11.3 Å². The zero-order chi connectivity index (χ0) is 14.5. The third-order valence-electron chi connectivity index (χ3n) is 3.72. The van der Waals surface area contributed by atoms with Crippen molar-refractivity contribution in [2.45, 2.75) is 46.0 Å². The van der Waals surface area contributed by atoms with Gasteiger partial charge in [0.15, 0.2) is 0 Å². The molecule has 0 atom stereocenters. The summed E-state index contributed by atoms with van der Waals surface area (Å²) in [4.78, 5) is 4.88. The Bertz CT molecular complexity index is 775. The average Bonchev–Trinajstić information content (AvgIpc) is 2.81. The molecule has 0 spiro atoms. The van der Waals surface area contributed by atoms with Crippen molar-refractivity contribution >= 4 is 32.3 Å². The van der Waals surface area contributed by atoms with Gasteiger partial charge in [-0.25, -0.2) is 4.98 Å². The monoisotopic (exact) mass is 283 g/mol. The van der Waals surface area contributed by atoms with Gasteiger partial charge in [0.05, 0.1) is 15.2 Å². The van der Waals surface area contributed by atoms with E-state index < -0.39 is 0 Å². The third kappa shape index (κ3) is 2.12. The van der Waals surface area contributed by atoms with Crippen LogP contribution in [0, 0.1) is 0 Å². The Morgan fingerprint density at radius 3 is 2.30 bits per heavy atom. The van der Waals surface area contributed by atoms with Crippen LogP contribution in [0.3, 0.4) is 0 Å². The van der Waals surface area contributed by atoms with E-state index in [-0.39, 0.29) is 5.41 Å². The third-order valence-corrected chi connectivity index (χ3v) is 5.02. The van der Waals surface area contributed by atoms with Gasteiger partial charge in [-0.2, -0.15) is 0 Å². The Kier molecular flexibility index (Phi) is 3.09. The summed E-state index contributed by atoms with van der Waals surface area (Å²) in [5.74, 6) is 0.490. The molecule has 0 unspecified atom stereocenters. The van der Waals surface area contributed by atoms with Gasteiger partial charge in [-0.05, 0) is 22.4 Å². The van der Waals surface area contributed by atoms with Crippen molar-refractivity contribution in [2.24, 2.45) is 0 Å². The maximum atomic E-state index is 4.88. The smallest absolute Gasteiger partial charge is 0.0964 e. The van der Waals surface area contributed by atoms with E-state index in [9.17, 15) is 0 Å². The molecular weight excluding hydrogens is 262 g/mol. The maximum absolute atomic E-state index is 4.88. The molecule has 0 aliphatic heterocycles. The maximum Gasteiger partial charge on any atom is 0.0964 e. The summed E-state index contributed by atoms with van der Waals surface area (Å²) in [7, 11) is 0. The number of hydrogen-bond donors (Lipinski definition) is 0. The second-order valence-electron chi connectivity index (χ2n) is 6.77. The minimum Gasteiger partial charge on any atom is -0.240 e. The summed E-state index contributed by atoms with van der Waals surface area (Å²) in [6.45, 7) is 11.3. The Balaban J connectivity index is 2.45. The lowest BCUT2D eigenvalue weighted by atomic mass is 9.83. The van der Waals surface area contributed by atoms with Crippen molar-refractivity contribution in [3.63, 3.8) is 0 Å². The number of rotatable bonds is 1. The SMILES string of the molecule is CC(C)c1nc2c(cc(C(C)(C)C)c3ccccc32)s1. The van der Waals surface area contributed by atoms with Gasteiger partial charge in [0.1, 0.15) is 0 Å². The van der Waals surface area contributed by atoms with E-state index in [1.54, 1.807) is 0 Å². The van der Waals surface area contributed by atoms with Gasteiger partial charge >= 0.3 is 0 Å². The molecule has 0 saturated carbocycles. The molecule has 3 rings (SSSR count). The van der Waals surface area contributed by atoms with Crippen molar-refractivity contribution in [3.8, 4) is 0 Å². The van der Waals surface area contributed by atoms with Gasteiger partial charge in [0.25, 0.3) is 0 Å². The summed E-state index contributed by atoms with van der Waals surface area (Å²) >= 11 is 1.84. The van der Waals surface area contributed by atoms with Gasteiger partial charge in [-0.15, -0.1) is 11.3 Å². The molecule has 0 fully saturated rings. The zero-order valence-electron chi connectivity index (χ0n) is 12.8. The highest BCUT2D eigenvalue weighted by atomic mass is 32.1. The highest BCUT2D eigenvalue weighted by Gasteiger charge is 2.20. The van der Waals surface area contributed by atoms with Crippen LogP contribution >= 0.6 is 11.3 Å². The number of hydrogen-bond acceptors (Lipinski definition) is 2. The molecule has 0 saturated heterocycles. The molecule has 1 heterocycles. The van der Waals surface area contributed by atoms with E-state index in [1.165, 1.54) is 31.6 Å². The lowest BCUT2D eigenvalue weighted by Crippen LogP contribution is -2.11. The predicted octanol–water partition coefficient (Wildman–Crippen LogP) is 5.87. The van der Waals surface area contributed by atoms with Crippen molar-refractivity contribution in [1.82, 2.24) is 4.98 Å². The van der Waals surface area contributed by atoms with Crippen molar-refractivity contribution in [3.05, 3.63) is 40.9 Å². The fourth-order valence-electron chi connectivity index (χ4n) is 2.64. The van der Waals surface area contributed by atoms with Crippen LogP contribution in [0.15, 0.2) is 30.3 Å². The molecule has 0 radical (unpaired) electrons. The first-order valence-electron chi connectivity index (χ1n) is 7.20. The van der Waals surface area contributed by atoms with Crippen molar-refractivity contribution in [1.29, 1.82) is 0 Å².